The molecule has 14 heavy (non-hydrogen) atoms. The van der Waals surface area contributed by atoms with Crippen LogP contribution in [0.15, 0.2) is 30.3 Å². The van der Waals surface area contributed by atoms with Gasteiger partial charge in [0, 0.05) is 0 Å². The number of rotatable bonds is 0. The van der Waals surface area contributed by atoms with Crippen molar-refractivity contribution in [1.29, 1.82) is 0 Å². The van der Waals surface area contributed by atoms with Crippen molar-refractivity contribution in [3.8, 4) is 0 Å². The van der Waals surface area contributed by atoms with E-state index in [1.807, 2.05) is 30.3 Å². The Morgan fingerprint density at radius 1 is 0.929 bits per heavy atom. The molecule has 1 aromatic carbocycles. The molecule has 0 nitrogen and oxygen atoms in total. The van der Waals surface area contributed by atoms with Crippen LogP contribution in [0.1, 0.15) is 20.8 Å². The van der Waals surface area contributed by atoms with Crippen LogP contribution in [0.4, 0.5) is 0 Å². The van der Waals surface area contributed by atoms with E-state index in [4.69, 9.17) is 0 Å². The topological polar surface area (TPSA) is 0 Å². The fraction of sp³-hybridized carbons (Fsp3) is 0.364. The molecule has 0 aliphatic carbocycles. The molecule has 0 saturated carbocycles. The average Bonchev–Trinajstić information content (AvgIpc) is 1.88. The molecule has 0 aliphatic rings. The van der Waals surface area contributed by atoms with Crippen LogP contribution in [0.5, 0.6) is 0 Å². The van der Waals surface area contributed by atoms with Gasteiger partial charge >= 0.3 is 23.9 Å². The first-order valence-electron chi connectivity index (χ1n) is 3.76. The van der Waals surface area contributed by atoms with Crippen molar-refractivity contribution in [2.24, 2.45) is 5.41 Å². The van der Waals surface area contributed by atoms with E-state index in [9.17, 15) is 0 Å². The minimum atomic E-state index is 0. The summed E-state index contributed by atoms with van der Waals surface area (Å²) in [6, 6.07) is 12.5. The molecule has 1 aromatic rings. The molecule has 0 atom stereocenters. The van der Waals surface area contributed by atoms with E-state index in [0.717, 1.165) is 0 Å². The third-order valence-electron chi connectivity index (χ3n) is 0.607. The van der Waals surface area contributed by atoms with E-state index in [1.54, 1.807) is 0 Å². The molecular weight excluding hydrogens is 322 g/mol. The zero-order valence-electron chi connectivity index (χ0n) is 8.85. The summed E-state index contributed by atoms with van der Waals surface area (Å²) < 4.78 is 0. The number of hydrogen-bond acceptors (Lipinski definition) is 0. The molecule has 1 rings (SSSR count). The van der Waals surface area contributed by atoms with Gasteiger partial charge in [-0.1, -0.05) is 51.1 Å². The van der Waals surface area contributed by atoms with Crippen LogP contribution in [-0.2, 0) is 0 Å². The summed E-state index contributed by atoms with van der Waals surface area (Å²) in [6.45, 7) is 10.0. The summed E-state index contributed by atoms with van der Waals surface area (Å²) in [5, 5.41) is 0. The predicted molar refractivity (Wildman–Crippen MR) is 55.8 cm³/mol. The van der Waals surface area contributed by atoms with E-state index < -0.39 is 0 Å². The van der Waals surface area contributed by atoms with E-state index in [2.05, 4.69) is 33.8 Å². The first-order valence-corrected chi connectivity index (χ1v) is 3.76. The molecular formula is C11H16Cl2Sn. The van der Waals surface area contributed by atoms with Crippen LogP contribution >= 0.6 is 0 Å². The van der Waals surface area contributed by atoms with Gasteiger partial charge in [-0.25, -0.2) is 0 Å². The quantitative estimate of drug-likeness (QED) is 0.442. The Kier molecular flexibility index (Phi) is 23.3. The van der Waals surface area contributed by atoms with Gasteiger partial charge in [0.15, 0.2) is 0 Å². The van der Waals surface area contributed by atoms with Crippen LogP contribution in [-0.4, -0.2) is 23.9 Å². The van der Waals surface area contributed by atoms with Crippen LogP contribution in [0.3, 0.4) is 0 Å². The van der Waals surface area contributed by atoms with Crippen LogP contribution < -0.4 is 24.8 Å². The molecule has 78 valence electrons. The van der Waals surface area contributed by atoms with E-state index in [1.165, 1.54) is 0 Å². The Hall–Kier alpha value is 0.599. The monoisotopic (exact) mass is 338 g/mol. The van der Waals surface area contributed by atoms with Gasteiger partial charge in [-0.15, -0.1) is 0 Å². The number of hydrogen-bond donors (Lipinski definition) is 0. The van der Waals surface area contributed by atoms with Crippen molar-refractivity contribution in [2.75, 3.05) is 0 Å². The van der Waals surface area contributed by atoms with E-state index >= 15 is 0 Å². The van der Waals surface area contributed by atoms with Gasteiger partial charge < -0.3 is 24.8 Å². The summed E-state index contributed by atoms with van der Waals surface area (Å²) >= 11 is 0. The largest absolute Gasteiger partial charge is 2.00 e. The maximum absolute atomic E-state index is 3.77. The molecule has 0 amide bonds. The molecule has 0 fully saturated rings. The molecule has 0 aromatic heterocycles. The second kappa shape index (κ2) is 13.6. The first-order chi connectivity index (χ1) is 5.00. The van der Waals surface area contributed by atoms with Crippen molar-refractivity contribution < 1.29 is 24.8 Å². The smallest absolute Gasteiger partial charge is 1.00 e. The molecule has 3 heteroatoms. The molecule has 0 unspecified atom stereocenters. The average molecular weight is 338 g/mol. The molecule has 0 heterocycles. The summed E-state index contributed by atoms with van der Waals surface area (Å²) in [7, 11) is 0. The third kappa shape index (κ3) is 38.9. The summed E-state index contributed by atoms with van der Waals surface area (Å²) in [5.41, 5.74) is 0.250. The minimum Gasteiger partial charge on any atom is -1.00 e. The van der Waals surface area contributed by atoms with Crippen LogP contribution in [0.2, 0.25) is 0 Å². The zero-order chi connectivity index (χ0) is 8.74. The first kappa shape index (κ1) is 24.0. The second-order valence-electron chi connectivity index (χ2n) is 3.64. The van der Waals surface area contributed by atoms with Gasteiger partial charge in [0.25, 0.3) is 0 Å². The Bertz CT molecular complexity index is 138. The molecule has 0 aliphatic heterocycles. The van der Waals surface area contributed by atoms with Crippen molar-refractivity contribution in [3.05, 3.63) is 43.3 Å². The molecule has 0 N–H and O–H groups in total. The van der Waals surface area contributed by atoms with Gasteiger partial charge in [0.2, 0.25) is 0 Å². The van der Waals surface area contributed by atoms with E-state index in [0.29, 0.717) is 0 Å². The van der Waals surface area contributed by atoms with Crippen molar-refractivity contribution in [3.63, 3.8) is 0 Å². The fourth-order valence-corrected chi connectivity index (χ4v) is 0.342. The van der Waals surface area contributed by atoms with Crippen molar-refractivity contribution in [2.45, 2.75) is 20.8 Å². The SMILES string of the molecule is [CH2]C(C)(C)C.[Cl-].[Cl-].[Sn+2].[c]1ccccc1. The second-order valence-corrected chi connectivity index (χ2v) is 3.64. The molecule has 0 saturated heterocycles. The van der Waals surface area contributed by atoms with Crippen molar-refractivity contribution >= 4 is 23.9 Å². The maximum Gasteiger partial charge on any atom is 2.00 e. The minimum absolute atomic E-state index is 0. The van der Waals surface area contributed by atoms with E-state index in [-0.39, 0.29) is 54.1 Å². The Morgan fingerprint density at radius 2 is 1.21 bits per heavy atom. The third-order valence-corrected chi connectivity index (χ3v) is 0.607. The maximum atomic E-state index is 3.77. The van der Waals surface area contributed by atoms with Gasteiger partial charge in [-0.05, 0) is 18.4 Å². The summed E-state index contributed by atoms with van der Waals surface area (Å²) in [5.74, 6) is 0. The Balaban J connectivity index is -0.0000000597. The van der Waals surface area contributed by atoms with Gasteiger partial charge in [-0.2, -0.15) is 0 Å². The van der Waals surface area contributed by atoms with Crippen molar-refractivity contribution in [1.82, 2.24) is 0 Å². The van der Waals surface area contributed by atoms with Gasteiger partial charge in [0.05, 0.1) is 0 Å². The van der Waals surface area contributed by atoms with Gasteiger partial charge in [-0.3, -0.25) is 0 Å². The fourth-order valence-electron chi connectivity index (χ4n) is 0.342. The summed E-state index contributed by atoms with van der Waals surface area (Å²) in [6.07, 6.45) is 0. The Labute approximate surface area is 118 Å². The molecule has 0 spiro atoms. The molecule has 0 bridgehead atoms. The molecule has 4 radical (unpaired) electrons. The number of halogens is 2. The predicted octanol–water partition coefficient (Wildman–Crippen LogP) is -3.02. The Morgan fingerprint density at radius 3 is 1.29 bits per heavy atom. The van der Waals surface area contributed by atoms with Crippen LogP contribution in [0.25, 0.3) is 0 Å². The summed E-state index contributed by atoms with van der Waals surface area (Å²) in [4.78, 5) is 0. The standard InChI is InChI=1S/C6H5.C5H11.2ClH.Sn/c1-2-4-6-5-3-1;1-5(2,3)4;;;/h1-5H;1H2,2-4H3;2*1H;/q;;;;+2/p-2. The zero-order valence-corrected chi connectivity index (χ0v) is 13.2. The van der Waals surface area contributed by atoms with Crippen LogP contribution in [0, 0.1) is 18.4 Å². The van der Waals surface area contributed by atoms with Gasteiger partial charge in [0.1, 0.15) is 0 Å². The normalized spacial score (nSPS) is 7.71. The number of benzene rings is 1.